The van der Waals surface area contributed by atoms with Gasteiger partial charge in [-0.15, -0.1) is 0 Å². The molecule has 0 spiro atoms. The summed E-state index contributed by atoms with van der Waals surface area (Å²) in [5.74, 6) is -0.293. The van der Waals surface area contributed by atoms with Gasteiger partial charge in [0, 0.05) is 15.6 Å². The fourth-order valence-electron chi connectivity index (χ4n) is 2.29. The van der Waals surface area contributed by atoms with Gasteiger partial charge in [0.05, 0.1) is 13.2 Å². The summed E-state index contributed by atoms with van der Waals surface area (Å²) in [7, 11) is 1.43. The SMILES string of the molecule is COc1cc(C(=O)NC(C)c2ccc(Cl)cc2Cl)ccc1OCC(N)=O. The molecule has 6 nitrogen and oxygen atoms in total. The van der Waals surface area contributed by atoms with Gasteiger partial charge in [-0.1, -0.05) is 29.3 Å². The van der Waals surface area contributed by atoms with Crippen LogP contribution in [0, 0.1) is 0 Å². The highest BCUT2D eigenvalue weighted by atomic mass is 35.5. The lowest BCUT2D eigenvalue weighted by atomic mass is 10.1. The molecule has 0 saturated heterocycles. The maximum absolute atomic E-state index is 12.5. The highest BCUT2D eigenvalue weighted by Crippen LogP contribution is 2.29. The molecule has 1 unspecified atom stereocenters. The molecular weight excluding hydrogens is 379 g/mol. The van der Waals surface area contributed by atoms with Gasteiger partial charge in [0.2, 0.25) is 0 Å². The van der Waals surface area contributed by atoms with Crippen LogP contribution in [-0.4, -0.2) is 25.5 Å². The third-order valence-corrected chi connectivity index (χ3v) is 4.13. The molecular formula is C18H18Cl2N2O4. The predicted molar refractivity (Wildman–Crippen MR) is 100 cm³/mol. The first-order valence-corrected chi connectivity index (χ1v) is 8.42. The van der Waals surface area contributed by atoms with E-state index in [-0.39, 0.29) is 18.6 Å². The van der Waals surface area contributed by atoms with Crippen molar-refractivity contribution in [1.29, 1.82) is 0 Å². The number of amides is 2. The normalized spacial score (nSPS) is 11.5. The van der Waals surface area contributed by atoms with Crippen molar-refractivity contribution in [2.45, 2.75) is 13.0 Å². The van der Waals surface area contributed by atoms with Crippen LogP contribution in [0.5, 0.6) is 11.5 Å². The minimum Gasteiger partial charge on any atom is -0.493 e. The van der Waals surface area contributed by atoms with E-state index in [9.17, 15) is 9.59 Å². The molecule has 2 rings (SSSR count). The first kappa shape index (κ1) is 19.9. The number of rotatable bonds is 7. The Labute approximate surface area is 161 Å². The number of methoxy groups -OCH3 is 1. The number of halogens is 2. The number of ether oxygens (including phenoxy) is 2. The van der Waals surface area contributed by atoms with Crippen LogP contribution in [0.4, 0.5) is 0 Å². The van der Waals surface area contributed by atoms with Crippen molar-refractivity contribution in [3.8, 4) is 11.5 Å². The predicted octanol–water partition coefficient (Wildman–Crippen LogP) is 3.36. The summed E-state index contributed by atoms with van der Waals surface area (Å²) in [6, 6.07) is 9.37. The van der Waals surface area contributed by atoms with E-state index in [0.29, 0.717) is 27.1 Å². The van der Waals surface area contributed by atoms with Crippen LogP contribution in [-0.2, 0) is 4.79 Å². The van der Waals surface area contributed by atoms with Gasteiger partial charge < -0.3 is 20.5 Å². The number of primary amides is 1. The molecule has 0 saturated carbocycles. The van der Waals surface area contributed by atoms with Crippen LogP contribution in [0.2, 0.25) is 10.0 Å². The molecule has 0 radical (unpaired) electrons. The first-order valence-electron chi connectivity index (χ1n) is 7.66. The summed E-state index contributed by atoms with van der Waals surface area (Å²) in [6.07, 6.45) is 0. The van der Waals surface area contributed by atoms with Gasteiger partial charge in [0.25, 0.3) is 11.8 Å². The van der Waals surface area contributed by atoms with E-state index in [1.54, 1.807) is 24.3 Å². The summed E-state index contributed by atoms with van der Waals surface area (Å²) in [4.78, 5) is 23.3. The number of hydrogen-bond acceptors (Lipinski definition) is 4. The van der Waals surface area contributed by atoms with Crippen molar-refractivity contribution in [2.75, 3.05) is 13.7 Å². The van der Waals surface area contributed by atoms with Gasteiger partial charge in [-0.2, -0.15) is 0 Å². The zero-order valence-corrected chi connectivity index (χ0v) is 15.7. The van der Waals surface area contributed by atoms with Crippen LogP contribution in [0.1, 0.15) is 28.9 Å². The molecule has 2 aromatic carbocycles. The first-order chi connectivity index (χ1) is 12.3. The summed E-state index contributed by atoms with van der Waals surface area (Å²) in [6.45, 7) is 1.53. The van der Waals surface area contributed by atoms with Crippen LogP contribution in [0.25, 0.3) is 0 Å². The van der Waals surface area contributed by atoms with Crippen LogP contribution >= 0.6 is 23.2 Å². The second kappa shape index (κ2) is 8.78. The molecule has 0 bridgehead atoms. The fraction of sp³-hybridized carbons (Fsp3) is 0.222. The molecule has 0 aromatic heterocycles. The monoisotopic (exact) mass is 396 g/mol. The van der Waals surface area contributed by atoms with E-state index in [1.807, 2.05) is 6.92 Å². The Morgan fingerprint density at radius 3 is 2.50 bits per heavy atom. The molecule has 0 aliphatic heterocycles. The van der Waals surface area contributed by atoms with Crippen molar-refractivity contribution < 1.29 is 19.1 Å². The van der Waals surface area contributed by atoms with E-state index in [4.69, 9.17) is 38.4 Å². The fourth-order valence-corrected chi connectivity index (χ4v) is 2.86. The van der Waals surface area contributed by atoms with Gasteiger partial charge >= 0.3 is 0 Å². The zero-order chi connectivity index (χ0) is 19.3. The van der Waals surface area contributed by atoms with Gasteiger partial charge in [-0.25, -0.2) is 0 Å². The molecule has 2 aromatic rings. The van der Waals surface area contributed by atoms with Gasteiger partial charge in [-0.05, 0) is 42.8 Å². The third-order valence-electron chi connectivity index (χ3n) is 3.57. The Bertz CT molecular complexity index is 827. The lowest BCUT2D eigenvalue weighted by molar-refractivity contribution is -0.119. The summed E-state index contributed by atoms with van der Waals surface area (Å²) in [5.41, 5.74) is 6.17. The van der Waals surface area contributed by atoms with E-state index in [0.717, 1.165) is 5.56 Å². The largest absolute Gasteiger partial charge is 0.493 e. The van der Waals surface area contributed by atoms with E-state index < -0.39 is 5.91 Å². The highest BCUT2D eigenvalue weighted by Gasteiger charge is 2.16. The van der Waals surface area contributed by atoms with Crippen molar-refractivity contribution in [3.05, 3.63) is 57.6 Å². The summed E-state index contributed by atoms with van der Waals surface area (Å²) in [5, 5.41) is 3.85. The Morgan fingerprint density at radius 1 is 1.15 bits per heavy atom. The molecule has 2 amide bonds. The number of nitrogens with one attached hydrogen (secondary N) is 1. The number of benzene rings is 2. The Balaban J connectivity index is 2.14. The Kier molecular flexibility index (Phi) is 6.71. The maximum atomic E-state index is 12.5. The van der Waals surface area contributed by atoms with Crippen molar-refractivity contribution in [1.82, 2.24) is 5.32 Å². The molecule has 0 aliphatic rings. The molecule has 138 valence electrons. The molecule has 0 fully saturated rings. The van der Waals surface area contributed by atoms with Gasteiger partial charge in [0.1, 0.15) is 0 Å². The topological polar surface area (TPSA) is 90.7 Å². The van der Waals surface area contributed by atoms with Crippen LogP contribution in [0.3, 0.4) is 0 Å². The van der Waals surface area contributed by atoms with E-state index in [1.165, 1.54) is 19.2 Å². The van der Waals surface area contributed by atoms with Crippen molar-refractivity contribution in [2.24, 2.45) is 5.73 Å². The quantitative estimate of drug-likeness (QED) is 0.750. The third kappa shape index (κ3) is 5.03. The maximum Gasteiger partial charge on any atom is 0.255 e. The smallest absolute Gasteiger partial charge is 0.255 e. The van der Waals surface area contributed by atoms with Crippen molar-refractivity contribution in [3.63, 3.8) is 0 Å². The minimum atomic E-state index is -0.609. The van der Waals surface area contributed by atoms with Gasteiger partial charge in [-0.3, -0.25) is 9.59 Å². The zero-order valence-electron chi connectivity index (χ0n) is 14.2. The number of carbonyl (C=O) groups excluding carboxylic acids is 2. The second-order valence-corrected chi connectivity index (χ2v) is 6.33. The Hall–Kier alpha value is -2.44. The second-order valence-electron chi connectivity index (χ2n) is 5.48. The molecule has 0 aliphatic carbocycles. The minimum absolute atomic E-state index is 0.284. The van der Waals surface area contributed by atoms with E-state index >= 15 is 0 Å². The molecule has 26 heavy (non-hydrogen) atoms. The molecule has 3 N–H and O–H groups in total. The van der Waals surface area contributed by atoms with Crippen LogP contribution < -0.4 is 20.5 Å². The van der Waals surface area contributed by atoms with E-state index in [2.05, 4.69) is 5.32 Å². The Morgan fingerprint density at radius 2 is 1.88 bits per heavy atom. The van der Waals surface area contributed by atoms with Crippen molar-refractivity contribution >= 4 is 35.0 Å². The van der Waals surface area contributed by atoms with Crippen LogP contribution in [0.15, 0.2) is 36.4 Å². The highest BCUT2D eigenvalue weighted by molar-refractivity contribution is 6.35. The molecule has 1 atom stereocenters. The number of carbonyl (C=O) groups is 2. The standard InChI is InChI=1S/C18H18Cl2N2O4/c1-10(13-5-4-12(19)8-14(13)20)22-18(24)11-3-6-15(16(7-11)25-2)26-9-17(21)23/h3-8,10H,9H2,1-2H3,(H2,21,23)(H,22,24). The number of hydrogen-bond donors (Lipinski definition) is 2. The lowest BCUT2D eigenvalue weighted by Crippen LogP contribution is -2.27. The average molecular weight is 397 g/mol. The average Bonchev–Trinajstić information content (AvgIpc) is 2.59. The molecule has 8 heteroatoms. The summed E-state index contributed by atoms with van der Waals surface area (Å²) >= 11 is 12.1. The number of nitrogens with two attached hydrogens (primary N) is 1. The van der Waals surface area contributed by atoms with Gasteiger partial charge in [0.15, 0.2) is 18.1 Å². The molecule has 0 heterocycles. The summed E-state index contributed by atoms with van der Waals surface area (Å²) < 4.78 is 10.4. The lowest BCUT2D eigenvalue weighted by Gasteiger charge is -2.17.